The Bertz CT molecular complexity index is 1110. The largest absolute Gasteiger partial charge is 0.497 e. The van der Waals surface area contributed by atoms with Gasteiger partial charge in [-0.3, -0.25) is 4.79 Å². The molecule has 2 heterocycles. The van der Waals surface area contributed by atoms with E-state index in [4.69, 9.17) is 14.6 Å². The summed E-state index contributed by atoms with van der Waals surface area (Å²) in [7, 11) is 7.27. The van der Waals surface area contributed by atoms with Crippen molar-refractivity contribution in [3.63, 3.8) is 0 Å². The lowest BCUT2D eigenvalue weighted by Gasteiger charge is -2.23. The molecule has 2 aromatic carbocycles. The van der Waals surface area contributed by atoms with Crippen molar-refractivity contribution >= 4 is 28.6 Å². The second kappa shape index (κ2) is 8.81. The van der Waals surface area contributed by atoms with Crippen LogP contribution < -0.4 is 14.4 Å². The zero-order valence-corrected chi connectivity index (χ0v) is 18.8. The molecule has 0 aliphatic carbocycles. The number of carbonyl (C=O) groups excluding carboxylic acids is 1. The number of nitrogens with zero attached hydrogens (tertiary/aromatic N) is 3. The fraction of sp³-hybridized carbons (Fsp3) is 0.250. The van der Waals surface area contributed by atoms with Gasteiger partial charge in [0.2, 0.25) is 0 Å². The highest BCUT2D eigenvalue weighted by Crippen LogP contribution is 2.38. The number of anilines is 1. The minimum Gasteiger partial charge on any atom is -0.497 e. The summed E-state index contributed by atoms with van der Waals surface area (Å²) < 4.78 is 11.0. The molecule has 6 nitrogen and oxygen atoms in total. The molecule has 0 bridgehead atoms. The number of amides is 1. The second-order valence-corrected chi connectivity index (χ2v) is 8.40. The fourth-order valence-corrected chi connectivity index (χ4v) is 4.34. The summed E-state index contributed by atoms with van der Waals surface area (Å²) in [6.07, 6.45) is 0.581. The molecule has 0 spiro atoms. The van der Waals surface area contributed by atoms with Gasteiger partial charge in [-0.05, 0) is 47.3 Å². The first-order valence-corrected chi connectivity index (χ1v) is 10.8. The van der Waals surface area contributed by atoms with Crippen molar-refractivity contribution in [2.24, 2.45) is 5.10 Å². The van der Waals surface area contributed by atoms with Gasteiger partial charge >= 0.3 is 0 Å². The van der Waals surface area contributed by atoms with E-state index in [1.54, 1.807) is 19.2 Å². The number of hydrogen-bond donors (Lipinski definition) is 0. The van der Waals surface area contributed by atoms with E-state index >= 15 is 0 Å². The van der Waals surface area contributed by atoms with Gasteiger partial charge < -0.3 is 14.4 Å². The molecule has 1 amide bonds. The minimum atomic E-state index is -0.208. The Kier molecular flexibility index (Phi) is 5.95. The highest BCUT2D eigenvalue weighted by atomic mass is 32.1. The van der Waals surface area contributed by atoms with Crippen LogP contribution in [0, 0.1) is 0 Å². The number of rotatable bonds is 6. The first-order valence-electron chi connectivity index (χ1n) is 9.96. The predicted octanol–water partition coefficient (Wildman–Crippen LogP) is 4.82. The molecule has 7 heteroatoms. The molecule has 1 aliphatic heterocycles. The predicted molar refractivity (Wildman–Crippen MR) is 125 cm³/mol. The summed E-state index contributed by atoms with van der Waals surface area (Å²) in [4.78, 5) is 16.0. The van der Waals surface area contributed by atoms with E-state index in [1.165, 1.54) is 11.3 Å². The molecular weight excluding hydrogens is 410 g/mol. The molecule has 0 saturated heterocycles. The van der Waals surface area contributed by atoms with Gasteiger partial charge in [-0.15, -0.1) is 11.3 Å². The quantitative estimate of drug-likeness (QED) is 0.557. The first kappa shape index (κ1) is 20.9. The number of benzene rings is 2. The molecule has 3 aromatic rings. The van der Waals surface area contributed by atoms with Gasteiger partial charge in [-0.1, -0.05) is 18.2 Å². The molecule has 0 saturated carbocycles. The van der Waals surface area contributed by atoms with Crippen molar-refractivity contribution in [2.45, 2.75) is 12.5 Å². The Morgan fingerprint density at radius 1 is 1.10 bits per heavy atom. The smallest absolute Gasteiger partial charge is 0.284 e. The normalized spacial score (nSPS) is 15.5. The van der Waals surface area contributed by atoms with Gasteiger partial charge in [0.1, 0.15) is 11.5 Å². The summed E-state index contributed by atoms with van der Waals surface area (Å²) in [5.74, 6) is 1.31. The average molecular weight is 436 g/mol. The van der Waals surface area contributed by atoms with E-state index < -0.39 is 0 Å². The van der Waals surface area contributed by atoms with E-state index in [-0.39, 0.29) is 11.9 Å². The van der Waals surface area contributed by atoms with Crippen LogP contribution >= 0.6 is 11.3 Å². The summed E-state index contributed by atoms with van der Waals surface area (Å²) in [5.41, 5.74) is 3.74. The lowest BCUT2D eigenvalue weighted by Crippen LogP contribution is -2.26. The van der Waals surface area contributed by atoms with Crippen LogP contribution in [0.1, 0.15) is 33.3 Å². The molecule has 1 aromatic heterocycles. The van der Waals surface area contributed by atoms with Crippen molar-refractivity contribution < 1.29 is 14.3 Å². The lowest BCUT2D eigenvalue weighted by molar-refractivity contribution is 0.0716. The van der Waals surface area contributed by atoms with Gasteiger partial charge in [-0.25, -0.2) is 5.01 Å². The van der Waals surface area contributed by atoms with Crippen LogP contribution in [0.25, 0.3) is 0 Å². The van der Waals surface area contributed by atoms with Crippen molar-refractivity contribution in [2.75, 3.05) is 33.2 Å². The van der Waals surface area contributed by atoms with Gasteiger partial charge in [0.05, 0.1) is 30.9 Å². The Balaban J connectivity index is 1.78. The van der Waals surface area contributed by atoms with Gasteiger partial charge in [0.15, 0.2) is 0 Å². The van der Waals surface area contributed by atoms with Crippen LogP contribution in [0.3, 0.4) is 0 Å². The molecule has 4 rings (SSSR count). The first-order chi connectivity index (χ1) is 15.0. The van der Waals surface area contributed by atoms with Crippen molar-refractivity contribution in [1.29, 1.82) is 0 Å². The third kappa shape index (κ3) is 4.14. The fourth-order valence-electron chi connectivity index (χ4n) is 3.68. The molecule has 0 fully saturated rings. The molecular formula is C24H25N3O3S. The van der Waals surface area contributed by atoms with Crippen molar-refractivity contribution in [3.05, 3.63) is 76.0 Å². The van der Waals surface area contributed by atoms with Gasteiger partial charge in [0, 0.05) is 31.8 Å². The van der Waals surface area contributed by atoms with E-state index in [9.17, 15) is 4.79 Å². The monoisotopic (exact) mass is 435 g/mol. The van der Waals surface area contributed by atoms with Crippen LogP contribution in [0.5, 0.6) is 11.5 Å². The molecule has 0 N–H and O–H groups in total. The summed E-state index contributed by atoms with van der Waals surface area (Å²) >= 11 is 1.42. The van der Waals surface area contributed by atoms with E-state index in [0.717, 1.165) is 22.5 Å². The number of hydrogen-bond acceptors (Lipinski definition) is 6. The Hall–Kier alpha value is -3.32. The van der Waals surface area contributed by atoms with Crippen LogP contribution in [0.2, 0.25) is 0 Å². The molecule has 1 atom stereocenters. The highest BCUT2D eigenvalue weighted by molar-refractivity contribution is 7.12. The maximum Gasteiger partial charge on any atom is 0.284 e. The van der Waals surface area contributed by atoms with Crippen LogP contribution in [0.15, 0.2) is 65.1 Å². The van der Waals surface area contributed by atoms with Crippen LogP contribution in [-0.4, -0.2) is 44.9 Å². The Labute approximate surface area is 186 Å². The Morgan fingerprint density at radius 3 is 2.61 bits per heavy atom. The Morgan fingerprint density at radius 2 is 1.94 bits per heavy atom. The van der Waals surface area contributed by atoms with Crippen LogP contribution in [-0.2, 0) is 0 Å². The van der Waals surface area contributed by atoms with Crippen molar-refractivity contribution in [1.82, 2.24) is 5.01 Å². The standard InChI is InChI=1S/C24H25N3O3S/c1-26(2)17-8-5-7-16(13-17)21-15-20(19-14-18(29-3)10-11-22(19)30-4)25-27(21)24(28)23-9-6-12-31-23/h5-14,21H,15H2,1-4H3/t21-/m0/s1. The highest BCUT2D eigenvalue weighted by Gasteiger charge is 2.35. The minimum absolute atomic E-state index is 0.105. The number of methoxy groups -OCH3 is 2. The third-order valence-corrected chi connectivity index (χ3v) is 6.20. The summed E-state index contributed by atoms with van der Waals surface area (Å²) in [6, 6.07) is 17.4. The van der Waals surface area contributed by atoms with Gasteiger partial charge in [-0.2, -0.15) is 5.10 Å². The summed E-state index contributed by atoms with van der Waals surface area (Å²) in [6.45, 7) is 0. The number of ether oxygens (including phenoxy) is 2. The molecule has 160 valence electrons. The number of thiophene rings is 1. The van der Waals surface area contributed by atoms with E-state index in [2.05, 4.69) is 17.0 Å². The van der Waals surface area contributed by atoms with E-state index in [1.807, 2.05) is 61.9 Å². The maximum atomic E-state index is 13.3. The second-order valence-electron chi connectivity index (χ2n) is 7.45. The lowest BCUT2D eigenvalue weighted by atomic mass is 9.97. The maximum absolute atomic E-state index is 13.3. The molecule has 1 aliphatic rings. The van der Waals surface area contributed by atoms with E-state index in [0.29, 0.717) is 22.8 Å². The SMILES string of the molecule is COc1ccc(OC)c(C2=NN(C(=O)c3cccs3)[C@H](c3cccc(N(C)C)c3)C2)c1. The van der Waals surface area contributed by atoms with Gasteiger partial charge in [0.25, 0.3) is 5.91 Å². The average Bonchev–Trinajstić information content (AvgIpc) is 3.49. The zero-order chi connectivity index (χ0) is 22.0. The zero-order valence-electron chi connectivity index (χ0n) is 18.0. The third-order valence-electron chi connectivity index (χ3n) is 5.34. The molecule has 0 radical (unpaired) electrons. The van der Waals surface area contributed by atoms with Crippen LogP contribution in [0.4, 0.5) is 5.69 Å². The molecule has 0 unspecified atom stereocenters. The number of carbonyl (C=O) groups is 1. The summed E-state index contributed by atoms with van der Waals surface area (Å²) in [5, 5.41) is 8.30. The molecule has 31 heavy (non-hydrogen) atoms. The topological polar surface area (TPSA) is 54.4 Å². The number of hydrazone groups is 1. The van der Waals surface area contributed by atoms with Crippen molar-refractivity contribution in [3.8, 4) is 11.5 Å².